The van der Waals surface area contributed by atoms with Crippen LogP contribution in [-0.4, -0.2) is 59.6 Å². The predicted octanol–water partition coefficient (Wildman–Crippen LogP) is 3.07. The van der Waals surface area contributed by atoms with E-state index in [4.69, 9.17) is 4.74 Å². The first-order chi connectivity index (χ1) is 17.8. The summed E-state index contributed by atoms with van der Waals surface area (Å²) in [7, 11) is 1.23. The zero-order valence-electron chi connectivity index (χ0n) is 20.3. The van der Waals surface area contributed by atoms with E-state index in [-0.39, 0.29) is 29.4 Å². The highest BCUT2D eigenvalue weighted by Gasteiger charge is 2.32. The first-order valence-corrected chi connectivity index (χ1v) is 11.7. The number of carbonyl (C=O) groups is 3. The summed E-state index contributed by atoms with van der Waals surface area (Å²) in [4.78, 5) is 41.6. The minimum absolute atomic E-state index is 0.122. The number of urea groups is 1. The fourth-order valence-electron chi connectivity index (χ4n) is 4.09. The molecule has 2 atom stereocenters. The normalized spacial score (nSPS) is 15.4. The Morgan fingerprint density at radius 2 is 1.86 bits per heavy atom. The second kappa shape index (κ2) is 11.6. The molecule has 1 aliphatic heterocycles. The summed E-state index contributed by atoms with van der Waals surface area (Å²) in [5.41, 5.74) is 1.27. The Bertz CT molecular complexity index is 1260. The maximum absolute atomic E-state index is 13.1. The van der Waals surface area contributed by atoms with Crippen molar-refractivity contribution < 1.29 is 28.2 Å². The summed E-state index contributed by atoms with van der Waals surface area (Å²) >= 11 is 0. The van der Waals surface area contributed by atoms with Crippen LogP contribution in [0, 0.1) is 11.7 Å². The molecule has 4 rings (SSSR count). The molecule has 4 amide bonds. The average Bonchev–Trinajstić information content (AvgIpc) is 3.29. The molecule has 0 spiro atoms. The number of alkyl carbamates (subject to hydrolysis) is 1. The van der Waals surface area contributed by atoms with Crippen molar-refractivity contribution in [3.63, 3.8) is 0 Å². The van der Waals surface area contributed by atoms with Crippen LogP contribution < -0.4 is 21.3 Å². The van der Waals surface area contributed by atoms with Crippen LogP contribution in [0.15, 0.2) is 36.5 Å². The van der Waals surface area contributed by atoms with Gasteiger partial charge >= 0.3 is 12.1 Å². The summed E-state index contributed by atoms with van der Waals surface area (Å²) in [5.74, 6) is -0.431. The van der Waals surface area contributed by atoms with Gasteiger partial charge in [0.1, 0.15) is 17.7 Å². The van der Waals surface area contributed by atoms with Gasteiger partial charge in [0, 0.05) is 25.5 Å². The Hall–Kier alpha value is -4.26. The number of hydrogen-bond donors (Lipinski definition) is 5. The first-order valence-electron chi connectivity index (χ1n) is 11.7. The number of fused-ring (bicyclic) bond motifs is 1. The van der Waals surface area contributed by atoms with Crippen LogP contribution in [0.2, 0.25) is 0 Å². The minimum Gasteiger partial charge on any atom is -0.453 e. The summed E-state index contributed by atoms with van der Waals surface area (Å²) < 4.78 is 23.2. The van der Waals surface area contributed by atoms with Crippen molar-refractivity contribution in [2.75, 3.05) is 31.0 Å². The quantitative estimate of drug-likeness (QED) is 0.325. The van der Waals surface area contributed by atoms with Crippen LogP contribution in [0.3, 0.4) is 0 Å². The third kappa shape index (κ3) is 6.50. The number of H-pyrrole nitrogens is 1. The van der Waals surface area contributed by atoms with Crippen molar-refractivity contribution in [1.82, 2.24) is 25.8 Å². The fourth-order valence-corrected chi connectivity index (χ4v) is 4.09. The molecule has 0 aliphatic carbocycles. The van der Waals surface area contributed by atoms with Crippen LogP contribution in [0.1, 0.15) is 31.4 Å². The molecule has 5 N–H and O–H groups in total. The number of halogens is 1. The molecule has 13 heteroatoms. The number of aromatic nitrogens is 3. The van der Waals surface area contributed by atoms with E-state index < -0.39 is 24.1 Å². The number of benzene rings is 1. The van der Waals surface area contributed by atoms with Crippen LogP contribution in [0.5, 0.6) is 0 Å². The summed E-state index contributed by atoms with van der Waals surface area (Å²) in [6, 6.07) is 5.73. The molecule has 0 saturated carbocycles. The zero-order valence-corrected chi connectivity index (χ0v) is 20.3. The lowest BCUT2D eigenvalue weighted by Gasteiger charge is -2.29. The van der Waals surface area contributed by atoms with Crippen molar-refractivity contribution in [3.8, 4) is 0 Å². The van der Waals surface area contributed by atoms with Gasteiger partial charge in [-0.05, 0) is 43.4 Å². The Morgan fingerprint density at radius 3 is 2.57 bits per heavy atom. The van der Waals surface area contributed by atoms with Gasteiger partial charge in [-0.25, -0.2) is 19.0 Å². The molecule has 3 heterocycles. The topological polar surface area (TPSA) is 159 Å². The molecule has 2 unspecified atom stereocenters. The molecule has 1 saturated heterocycles. The van der Waals surface area contributed by atoms with E-state index in [2.05, 4.69) is 41.2 Å². The van der Waals surface area contributed by atoms with Gasteiger partial charge in [0.2, 0.25) is 5.91 Å². The van der Waals surface area contributed by atoms with Crippen molar-refractivity contribution in [2.45, 2.75) is 31.8 Å². The minimum atomic E-state index is -0.830. The maximum atomic E-state index is 13.1. The lowest BCUT2D eigenvalue weighted by Crippen LogP contribution is -2.49. The van der Waals surface area contributed by atoms with E-state index in [1.54, 1.807) is 25.1 Å². The number of amides is 4. The Balaban J connectivity index is 1.41. The highest BCUT2D eigenvalue weighted by Crippen LogP contribution is 2.24. The van der Waals surface area contributed by atoms with Gasteiger partial charge in [-0.3, -0.25) is 15.2 Å². The lowest BCUT2D eigenvalue weighted by atomic mass is 9.91. The smallest absolute Gasteiger partial charge is 0.407 e. The van der Waals surface area contributed by atoms with E-state index in [1.807, 2.05) is 0 Å². The highest BCUT2D eigenvalue weighted by molar-refractivity contribution is 6.03. The molecule has 12 nitrogen and oxygen atoms in total. The van der Waals surface area contributed by atoms with Crippen LogP contribution >= 0.6 is 0 Å². The maximum Gasteiger partial charge on any atom is 0.407 e. The molecular weight excluding hydrogens is 485 g/mol. The average molecular weight is 514 g/mol. The van der Waals surface area contributed by atoms with E-state index in [0.717, 1.165) is 5.56 Å². The van der Waals surface area contributed by atoms with Gasteiger partial charge in [0.25, 0.3) is 0 Å². The number of methoxy groups -OCH3 is 1. The molecular formula is C24H28FN7O5. The van der Waals surface area contributed by atoms with Gasteiger partial charge in [0.05, 0.1) is 24.1 Å². The van der Waals surface area contributed by atoms with Crippen LogP contribution in [-0.2, 0) is 14.3 Å². The third-order valence-corrected chi connectivity index (χ3v) is 6.13. The van der Waals surface area contributed by atoms with Gasteiger partial charge in [0.15, 0.2) is 5.82 Å². The van der Waals surface area contributed by atoms with Gasteiger partial charge < -0.3 is 25.4 Å². The van der Waals surface area contributed by atoms with Crippen molar-refractivity contribution in [2.24, 2.45) is 5.92 Å². The van der Waals surface area contributed by atoms with Crippen molar-refractivity contribution >= 4 is 40.6 Å². The van der Waals surface area contributed by atoms with E-state index >= 15 is 0 Å². The largest absolute Gasteiger partial charge is 0.453 e. The van der Waals surface area contributed by atoms with Gasteiger partial charge in [-0.1, -0.05) is 12.1 Å². The number of anilines is 2. The first kappa shape index (κ1) is 25.8. The van der Waals surface area contributed by atoms with E-state index in [9.17, 15) is 18.8 Å². The molecule has 37 heavy (non-hydrogen) atoms. The van der Waals surface area contributed by atoms with E-state index in [0.29, 0.717) is 37.0 Å². The summed E-state index contributed by atoms with van der Waals surface area (Å²) in [5, 5.41) is 18.2. The summed E-state index contributed by atoms with van der Waals surface area (Å²) in [6.07, 6.45) is 1.98. The highest BCUT2D eigenvalue weighted by atomic mass is 19.1. The molecule has 0 bridgehead atoms. The predicted molar refractivity (Wildman–Crippen MR) is 132 cm³/mol. The van der Waals surface area contributed by atoms with Crippen LogP contribution in [0.4, 0.5) is 25.6 Å². The summed E-state index contributed by atoms with van der Waals surface area (Å²) in [6.45, 7) is 2.77. The molecule has 1 aliphatic rings. The Morgan fingerprint density at radius 1 is 1.14 bits per heavy atom. The monoisotopic (exact) mass is 513 g/mol. The SMILES string of the molecule is COC(=O)NC(C(=O)Nc1n[nH]c2cc(NC(=O)NC(C)c3ccc(F)cc3)ncc12)C1CCOCC1. The number of ether oxygens (including phenoxy) is 2. The standard InChI is InChI=1S/C24H28FN7O5/c1-13(14-3-5-16(25)6-4-14)27-23(34)28-19-11-18-17(12-26-19)21(32-31-18)30-22(33)20(29-24(35)36-2)15-7-9-37-10-8-15/h3-6,11-13,15,20H,7-10H2,1-2H3,(H,29,35)(H2,26,27,28,34)(H2,30,31,32,33). The number of rotatable bonds is 7. The lowest BCUT2D eigenvalue weighted by molar-refractivity contribution is -0.120. The fraction of sp³-hybridized carbons (Fsp3) is 0.375. The number of nitrogens with zero attached hydrogens (tertiary/aromatic N) is 2. The Kier molecular flexibility index (Phi) is 8.13. The number of aromatic amines is 1. The Labute approximate surface area is 211 Å². The zero-order chi connectivity index (χ0) is 26.4. The molecule has 2 aromatic heterocycles. The van der Waals surface area contributed by atoms with Gasteiger partial charge in [-0.2, -0.15) is 5.10 Å². The number of pyridine rings is 1. The molecule has 3 aromatic rings. The van der Waals surface area contributed by atoms with Crippen LogP contribution in [0.25, 0.3) is 10.9 Å². The molecule has 1 fully saturated rings. The second-order valence-corrected chi connectivity index (χ2v) is 8.61. The second-order valence-electron chi connectivity index (χ2n) is 8.61. The third-order valence-electron chi connectivity index (χ3n) is 6.13. The molecule has 1 aromatic carbocycles. The van der Waals surface area contributed by atoms with Crippen molar-refractivity contribution in [3.05, 3.63) is 47.9 Å². The number of hydrogen-bond acceptors (Lipinski definition) is 7. The number of nitrogens with one attached hydrogen (secondary N) is 5. The number of carbonyl (C=O) groups excluding carboxylic acids is 3. The van der Waals surface area contributed by atoms with E-state index in [1.165, 1.54) is 25.4 Å². The van der Waals surface area contributed by atoms with Gasteiger partial charge in [-0.15, -0.1) is 0 Å². The van der Waals surface area contributed by atoms with Crippen molar-refractivity contribution in [1.29, 1.82) is 0 Å². The molecule has 196 valence electrons. The molecule has 0 radical (unpaired) electrons.